The van der Waals surface area contributed by atoms with E-state index in [4.69, 9.17) is 5.26 Å². The van der Waals surface area contributed by atoms with Crippen molar-refractivity contribution in [2.45, 2.75) is 6.92 Å². The normalized spacial score (nSPS) is 9.71. The average molecular weight is 227 g/mol. The van der Waals surface area contributed by atoms with Crippen LogP contribution in [0.2, 0.25) is 0 Å². The van der Waals surface area contributed by atoms with Crippen LogP contribution in [0.25, 0.3) is 0 Å². The van der Waals surface area contributed by atoms with Crippen LogP contribution in [0.4, 0.5) is 15.9 Å². The zero-order chi connectivity index (χ0) is 12.3. The molecular formula is C13H10FN3. The van der Waals surface area contributed by atoms with Gasteiger partial charge in [0.1, 0.15) is 17.7 Å². The Bertz CT molecular complexity index is 570. The maximum Gasteiger partial charge on any atom is 0.130 e. The van der Waals surface area contributed by atoms with Gasteiger partial charge in [0.05, 0.1) is 5.56 Å². The standard InChI is InChI=1S/C13H10FN3/c1-9-6-11(14)3-4-12(9)17-13-5-2-10(7-15)8-16-13/h2-6,8H,1H3,(H,16,17). The second kappa shape index (κ2) is 4.62. The molecule has 1 aromatic heterocycles. The molecule has 0 radical (unpaired) electrons. The lowest BCUT2D eigenvalue weighted by atomic mass is 10.2. The van der Waals surface area contributed by atoms with Crippen LogP contribution in [-0.4, -0.2) is 4.98 Å². The largest absolute Gasteiger partial charge is 0.340 e. The lowest BCUT2D eigenvalue weighted by molar-refractivity contribution is 0.627. The van der Waals surface area contributed by atoms with E-state index in [0.717, 1.165) is 11.3 Å². The predicted octanol–water partition coefficient (Wildman–Crippen LogP) is 3.14. The summed E-state index contributed by atoms with van der Waals surface area (Å²) in [5, 5.41) is 11.7. The van der Waals surface area contributed by atoms with Crippen molar-refractivity contribution in [3.63, 3.8) is 0 Å². The number of hydrogen-bond donors (Lipinski definition) is 1. The van der Waals surface area contributed by atoms with Gasteiger partial charge in [-0.25, -0.2) is 9.37 Å². The number of pyridine rings is 1. The van der Waals surface area contributed by atoms with Gasteiger partial charge >= 0.3 is 0 Å². The number of anilines is 2. The van der Waals surface area contributed by atoms with Crippen molar-refractivity contribution in [1.29, 1.82) is 5.26 Å². The molecule has 17 heavy (non-hydrogen) atoms. The Kier molecular flexibility index (Phi) is 3.01. The Balaban J connectivity index is 2.23. The Hall–Kier alpha value is -2.41. The highest BCUT2D eigenvalue weighted by molar-refractivity contribution is 5.60. The molecule has 0 saturated carbocycles. The molecule has 0 amide bonds. The number of nitrogens with one attached hydrogen (secondary N) is 1. The van der Waals surface area contributed by atoms with E-state index >= 15 is 0 Å². The monoisotopic (exact) mass is 227 g/mol. The molecule has 0 bridgehead atoms. The van der Waals surface area contributed by atoms with Crippen LogP contribution in [0, 0.1) is 24.1 Å². The summed E-state index contributed by atoms with van der Waals surface area (Å²) in [4.78, 5) is 4.08. The van der Waals surface area contributed by atoms with Crippen LogP contribution >= 0.6 is 0 Å². The van der Waals surface area contributed by atoms with Crippen LogP contribution in [0.5, 0.6) is 0 Å². The van der Waals surface area contributed by atoms with Gasteiger partial charge < -0.3 is 5.32 Å². The second-order valence-electron chi connectivity index (χ2n) is 3.63. The lowest BCUT2D eigenvalue weighted by Crippen LogP contribution is -1.96. The second-order valence-corrected chi connectivity index (χ2v) is 3.63. The third-order valence-electron chi connectivity index (χ3n) is 2.34. The first-order valence-corrected chi connectivity index (χ1v) is 5.08. The van der Waals surface area contributed by atoms with E-state index in [-0.39, 0.29) is 5.82 Å². The summed E-state index contributed by atoms with van der Waals surface area (Å²) < 4.78 is 12.9. The van der Waals surface area contributed by atoms with Crippen molar-refractivity contribution in [2.24, 2.45) is 0 Å². The molecule has 3 nitrogen and oxygen atoms in total. The summed E-state index contributed by atoms with van der Waals surface area (Å²) in [7, 11) is 0. The van der Waals surface area contributed by atoms with E-state index in [2.05, 4.69) is 10.3 Å². The van der Waals surface area contributed by atoms with Gasteiger partial charge in [-0.05, 0) is 42.8 Å². The Morgan fingerprint density at radius 3 is 2.71 bits per heavy atom. The SMILES string of the molecule is Cc1cc(F)ccc1Nc1ccc(C#N)cn1. The molecule has 0 fully saturated rings. The smallest absolute Gasteiger partial charge is 0.130 e. The first-order valence-electron chi connectivity index (χ1n) is 5.08. The van der Waals surface area contributed by atoms with Gasteiger partial charge in [0.25, 0.3) is 0 Å². The molecule has 0 saturated heterocycles. The molecule has 2 rings (SSSR count). The van der Waals surface area contributed by atoms with Gasteiger partial charge in [0, 0.05) is 11.9 Å². The van der Waals surface area contributed by atoms with Crippen molar-refractivity contribution >= 4 is 11.5 Å². The lowest BCUT2D eigenvalue weighted by Gasteiger charge is -2.08. The van der Waals surface area contributed by atoms with Crippen LogP contribution in [-0.2, 0) is 0 Å². The van der Waals surface area contributed by atoms with E-state index in [1.807, 2.05) is 13.0 Å². The molecule has 4 heteroatoms. The molecular weight excluding hydrogens is 217 g/mol. The molecule has 0 aliphatic carbocycles. The highest BCUT2D eigenvalue weighted by Gasteiger charge is 2.01. The number of halogens is 1. The van der Waals surface area contributed by atoms with Crippen molar-refractivity contribution in [1.82, 2.24) is 4.98 Å². The van der Waals surface area contributed by atoms with Crippen molar-refractivity contribution in [2.75, 3.05) is 5.32 Å². The average Bonchev–Trinajstić information content (AvgIpc) is 2.34. The minimum atomic E-state index is -0.263. The first kappa shape index (κ1) is 11.1. The summed E-state index contributed by atoms with van der Waals surface area (Å²) >= 11 is 0. The maximum absolute atomic E-state index is 12.9. The first-order chi connectivity index (χ1) is 8.19. The minimum absolute atomic E-state index is 0.263. The molecule has 1 N–H and O–H groups in total. The molecule has 0 aliphatic rings. The van der Waals surface area contributed by atoms with Gasteiger partial charge in [0.2, 0.25) is 0 Å². The molecule has 0 unspecified atom stereocenters. The molecule has 84 valence electrons. The molecule has 1 aromatic carbocycles. The van der Waals surface area contributed by atoms with Gasteiger partial charge in [-0.2, -0.15) is 5.26 Å². The number of aromatic nitrogens is 1. The fourth-order valence-corrected chi connectivity index (χ4v) is 1.44. The van der Waals surface area contributed by atoms with Crippen LogP contribution < -0.4 is 5.32 Å². The molecule has 0 spiro atoms. The third kappa shape index (κ3) is 2.58. The van der Waals surface area contributed by atoms with Gasteiger partial charge in [-0.3, -0.25) is 0 Å². The van der Waals surface area contributed by atoms with Crippen molar-refractivity contribution in [3.8, 4) is 6.07 Å². The fraction of sp³-hybridized carbons (Fsp3) is 0.0769. The number of aryl methyl sites for hydroxylation is 1. The number of rotatable bonds is 2. The van der Waals surface area contributed by atoms with Crippen molar-refractivity contribution < 1.29 is 4.39 Å². The van der Waals surface area contributed by atoms with E-state index in [9.17, 15) is 4.39 Å². The van der Waals surface area contributed by atoms with Crippen LogP contribution in [0.15, 0.2) is 36.5 Å². The number of nitrogens with zero attached hydrogens (tertiary/aromatic N) is 2. The van der Waals surface area contributed by atoms with Crippen LogP contribution in [0.3, 0.4) is 0 Å². The highest BCUT2D eigenvalue weighted by Crippen LogP contribution is 2.19. The van der Waals surface area contributed by atoms with E-state index in [1.54, 1.807) is 18.2 Å². The summed E-state index contributed by atoms with van der Waals surface area (Å²) in [5.41, 5.74) is 2.10. The topological polar surface area (TPSA) is 48.7 Å². The van der Waals surface area contributed by atoms with Gasteiger partial charge in [-0.15, -0.1) is 0 Å². The molecule has 1 heterocycles. The zero-order valence-electron chi connectivity index (χ0n) is 9.24. The van der Waals surface area contributed by atoms with E-state index in [1.165, 1.54) is 18.3 Å². The van der Waals surface area contributed by atoms with Gasteiger partial charge in [-0.1, -0.05) is 0 Å². The maximum atomic E-state index is 12.9. The minimum Gasteiger partial charge on any atom is -0.340 e. The van der Waals surface area contributed by atoms with Crippen LogP contribution in [0.1, 0.15) is 11.1 Å². The summed E-state index contributed by atoms with van der Waals surface area (Å²) in [6.45, 7) is 1.81. The quantitative estimate of drug-likeness (QED) is 0.857. The zero-order valence-corrected chi connectivity index (χ0v) is 9.24. The molecule has 2 aromatic rings. The highest BCUT2D eigenvalue weighted by atomic mass is 19.1. The summed E-state index contributed by atoms with van der Waals surface area (Å²) in [5.74, 6) is 0.361. The Morgan fingerprint density at radius 1 is 1.29 bits per heavy atom. The van der Waals surface area contributed by atoms with E-state index in [0.29, 0.717) is 11.4 Å². The predicted molar refractivity (Wildman–Crippen MR) is 63.4 cm³/mol. The Labute approximate surface area is 98.5 Å². The van der Waals surface area contributed by atoms with Crippen molar-refractivity contribution in [3.05, 3.63) is 53.5 Å². The number of hydrogen-bond acceptors (Lipinski definition) is 3. The Morgan fingerprint density at radius 2 is 2.12 bits per heavy atom. The summed E-state index contributed by atoms with van der Waals surface area (Å²) in [6.07, 6.45) is 1.49. The number of nitriles is 1. The molecule has 0 atom stereocenters. The van der Waals surface area contributed by atoms with E-state index < -0.39 is 0 Å². The number of benzene rings is 1. The summed E-state index contributed by atoms with van der Waals surface area (Å²) in [6, 6.07) is 9.88. The van der Waals surface area contributed by atoms with Gasteiger partial charge in [0.15, 0.2) is 0 Å². The fourth-order valence-electron chi connectivity index (χ4n) is 1.44. The third-order valence-corrected chi connectivity index (χ3v) is 2.34. The molecule has 0 aliphatic heterocycles.